The number of ether oxygens (including phenoxy) is 2. The van der Waals surface area contributed by atoms with E-state index in [2.05, 4.69) is 63.9 Å². The van der Waals surface area contributed by atoms with Crippen molar-refractivity contribution in [3.05, 3.63) is 169 Å². The fraction of sp³-hybridized carbons (Fsp3) is 0.583. The van der Waals surface area contributed by atoms with Gasteiger partial charge >= 0.3 is 30.7 Å². The predicted molar refractivity (Wildman–Crippen MR) is 424 cm³/mol. The third-order valence-electron chi connectivity index (χ3n) is 21.8. The van der Waals surface area contributed by atoms with Crippen LogP contribution in [-0.4, -0.2) is 208 Å². The Labute approximate surface area is 674 Å². The number of nitrogens with one attached hydrogen (secondary N) is 1. The van der Waals surface area contributed by atoms with Crippen molar-refractivity contribution in [3.8, 4) is 0 Å². The van der Waals surface area contributed by atoms with Crippen LogP contribution in [0.25, 0.3) is 0 Å². The predicted octanol–water partition coefficient (Wildman–Crippen LogP) is 16.6. The number of fused-ring (bicyclic) bond motifs is 4. The first kappa shape index (κ1) is 94.3. The number of allylic oxidation sites excluding steroid dienone is 1. The van der Waals surface area contributed by atoms with Gasteiger partial charge in [0.1, 0.15) is 11.2 Å². The molecular formula is C84H114BrClF9N9O9. The largest absolute Gasteiger partial charge is 0.444 e. The molecule has 0 bridgehead atoms. The van der Waals surface area contributed by atoms with Gasteiger partial charge in [0.15, 0.2) is 0 Å². The Balaban J connectivity index is 0.000000212. The van der Waals surface area contributed by atoms with Gasteiger partial charge in [-0.25, -0.2) is 9.59 Å². The van der Waals surface area contributed by atoms with E-state index in [9.17, 15) is 73.1 Å². The number of carbonyl (C=O) groups excluding carboxylic acids is 7. The summed E-state index contributed by atoms with van der Waals surface area (Å²) in [5.41, 5.74) is -0.173. The van der Waals surface area contributed by atoms with Gasteiger partial charge < -0.3 is 44.2 Å². The summed E-state index contributed by atoms with van der Waals surface area (Å²) in [5, 5.41) is 3.42. The van der Waals surface area contributed by atoms with Gasteiger partial charge in [-0.1, -0.05) is 98.1 Å². The molecule has 0 radical (unpaired) electrons. The summed E-state index contributed by atoms with van der Waals surface area (Å²) in [6.07, 6.45) is 6.84. The minimum Gasteiger partial charge on any atom is -0.444 e. The van der Waals surface area contributed by atoms with Crippen molar-refractivity contribution in [1.82, 2.24) is 44.5 Å². The molecule has 626 valence electrons. The quantitative estimate of drug-likeness (QED) is 0.0787. The lowest BCUT2D eigenvalue weighted by atomic mass is 9.89. The van der Waals surface area contributed by atoms with Crippen molar-refractivity contribution < 1.29 is 82.5 Å². The highest BCUT2D eigenvalue weighted by molar-refractivity contribution is 9.08. The van der Waals surface area contributed by atoms with Crippen LogP contribution in [0.3, 0.4) is 0 Å². The summed E-state index contributed by atoms with van der Waals surface area (Å²) in [5.74, 6) is 3.32. The second-order valence-electron chi connectivity index (χ2n) is 31.9. The molecule has 113 heavy (non-hydrogen) atoms. The summed E-state index contributed by atoms with van der Waals surface area (Å²) in [6.45, 7) is 40.4. The summed E-state index contributed by atoms with van der Waals surface area (Å²) >= 11 is 7.86. The van der Waals surface area contributed by atoms with Gasteiger partial charge in [-0.05, 0) is 250 Å². The monoisotopic (exact) mass is 1680 g/mol. The second kappa shape index (κ2) is 43.4. The van der Waals surface area contributed by atoms with Crippen molar-refractivity contribution in [3.63, 3.8) is 0 Å². The van der Waals surface area contributed by atoms with Crippen LogP contribution in [-0.2, 0) is 70.4 Å². The Bertz CT molecular complexity index is 3650. The number of likely N-dealkylation sites (N-methyl/N-ethyl adjacent to an activating group) is 1. The zero-order valence-electron chi connectivity index (χ0n) is 66.3. The molecule has 3 aromatic carbocycles. The summed E-state index contributed by atoms with van der Waals surface area (Å²) in [4.78, 5) is 95.6. The molecule has 9 fully saturated rings. The van der Waals surface area contributed by atoms with E-state index in [0.29, 0.717) is 61.8 Å². The van der Waals surface area contributed by atoms with Crippen molar-refractivity contribution in [2.45, 2.75) is 191 Å². The molecule has 0 spiro atoms. The van der Waals surface area contributed by atoms with Crippen molar-refractivity contribution in [2.24, 2.45) is 29.6 Å². The van der Waals surface area contributed by atoms with Gasteiger partial charge in [0.05, 0.1) is 28.8 Å². The molecule has 8 aliphatic heterocycles. The van der Waals surface area contributed by atoms with Crippen LogP contribution in [0, 0.1) is 29.6 Å². The highest BCUT2D eigenvalue weighted by Gasteiger charge is 2.45. The zero-order valence-corrected chi connectivity index (χ0v) is 68.6. The maximum absolute atomic E-state index is 12.6. The van der Waals surface area contributed by atoms with E-state index in [1.54, 1.807) is 33.9 Å². The summed E-state index contributed by atoms with van der Waals surface area (Å²) < 4.78 is 123. The smallest absolute Gasteiger partial charge is 0.416 e. The van der Waals surface area contributed by atoms with E-state index in [-0.39, 0.29) is 53.9 Å². The van der Waals surface area contributed by atoms with E-state index >= 15 is 0 Å². The maximum atomic E-state index is 12.6. The topological polar surface area (TPSA) is 176 Å². The van der Waals surface area contributed by atoms with Crippen LogP contribution in [0.4, 0.5) is 49.1 Å². The standard InChI is InChI=1S/C18H21F3N2O.C17H21F3N2O.C15H24N2O3.C12H22N2O2.C11H17NO.C8H6BrF3.C3H3ClO/c1-2-17(24)23-10-8-14-7-9-22(16(14)12-23)11-13-3-5-15(6-4-13)18(19,20)21;1-3-16(23)21(2)12-15-5-4-10-22(15)11-13-6-8-14(9-7-13)17(18,19)20;1-5-13(18)16-8-6-11-7-9-17(12(11)10-16)14(19)20-15(2,3)4;1-12(2,3)16-11(15)14-7-5-9-4-6-13-8-10(9)14;1-2-11(13)12-7-6-9-4-3-5-10(9)8-12;9-5-6-1-3-7(4-2-6)8(10,11)12;1-2-3(4)5/h2-6,14,16H,1,7-12H2;3,6-9,15H,1,4-5,10-12H2,2H3;5,11-12H,1,6-10H2,2-4H3;9-10,13H,4-8H2,1-3H3;2,9-10H,1,3-8H2;1-4H,5H2;2H,1H2/t14-,16+;;;;;;/m1....../s1. The molecule has 7 unspecified atom stereocenters. The first-order valence-corrected chi connectivity index (χ1v) is 40.3. The molecule has 6 amide bonds. The van der Waals surface area contributed by atoms with Crippen molar-refractivity contribution in [2.75, 3.05) is 92.1 Å². The number of hydrogen-bond acceptors (Lipinski definition) is 12. The van der Waals surface area contributed by atoms with Crippen molar-refractivity contribution >= 4 is 68.6 Å². The second-order valence-corrected chi connectivity index (χ2v) is 32.8. The third kappa shape index (κ3) is 29.9. The number of rotatable bonds is 12. The number of nitrogens with zero attached hydrogens (tertiary/aromatic N) is 8. The van der Waals surface area contributed by atoms with Crippen LogP contribution in [0.2, 0.25) is 0 Å². The molecule has 8 saturated heterocycles. The van der Waals surface area contributed by atoms with Crippen molar-refractivity contribution in [1.29, 1.82) is 0 Å². The average molecular weight is 1680 g/mol. The molecule has 1 aliphatic carbocycles. The van der Waals surface area contributed by atoms with E-state index in [0.717, 1.165) is 181 Å². The fourth-order valence-electron chi connectivity index (χ4n) is 15.9. The number of alkyl halides is 10. The maximum Gasteiger partial charge on any atom is 0.416 e. The first-order valence-electron chi connectivity index (χ1n) is 38.8. The highest BCUT2D eigenvalue weighted by atomic mass is 79.9. The fourth-order valence-corrected chi connectivity index (χ4v) is 16.2. The van der Waals surface area contributed by atoms with Gasteiger partial charge in [-0.3, -0.25) is 33.8 Å². The van der Waals surface area contributed by atoms with Gasteiger partial charge in [0.2, 0.25) is 28.9 Å². The lowest BCUT2D eigenvalue weighted by Gasteiger charge is -2.38. The first-order chi connectivity index (χ1) is 53.1. The van der Waals surface area contributed by atoms with E-state index in [1.165, 1.54) is 80.7 Å². The van der Waals surface area contributed by atoms with E-state index < -0.39 is 51.7 Å². The average Bonchev–Trinajstić information content (AvgIpc) is 1.67. The van der Waals surface area contributed by atoms with E-state index in [1.807, 2.05) is 56.2 Å². The summed E-state index contributed by atoms with van der Waals surface area (Å²) in [7, 11) is 1.73. The van der Waals surface area contributed by atoms with Crippen LogP contribution >= 0.6 is 27.5 Å². The lowest BCUT2D eigenvalue weighted by molar-refractivity contribution is -0.138. The molecule has 1 N–H and O–H groups in total. The molecule has 9 atom stereocenters. The van der Waals surface area contributed by atoms with Crippen LogP contribution in [0.5, 0.6) is 0 Å². The third-order valence-corrected chi connectivity index (χ3v) is 22.6. The minimum absolute atomic E-state index is 0.0465. The van der Waals surface area contributed by atoms with Gasteiger partial charge in [-0.2, -0.15) is 39.5 Å². The number of carbonyl (C=O) groups is 7. The Kier molecular flexibility index (Phi) is 36.3. The molecule has 9 aliphatic rings. The number of hydrogen-bond donors (Lipinski definition) is 1. The van der Waals surface area contributed by atoms with Crippen LogP contribution in [0.1, 0.15) is 152 Å². The normalized spacial score (nSPS) is 23.3. The van der Waals surface area contributed by atoms with Crippen LogP contribution < -0.4 is 5.32 Å². The highest BCUT2D eigenvalue weighted by Crippen LogP contribution is 2.40. The van der Waals surface area contributed by atoms with Gasteiger partial charge in [-0.15, -0.1) is 0 Å². The Morgan fingerprint density at radius 2 is 0.858 bits per heavy atom. The van der Waals surface area contributed by atoms with E-state index in [4.69, 9.17) is 21.1 Å². The zero-order chi connectivity index (χ0) is 83.8. The molecule has 8 heterocycles. The van der Waals surface area contributed by atoms with Gasteiger partial charge in [0.25, 0.3) is 0 Å². The number of benzene rings is 3. The Morgan fingerprint density at radius 1 is 0.469 bits per heavy atom. The number of likely N-dealkylation sites (tertiary alicyclic amines) is 7. The Morgan fingerprint density at radius 3 is 1.29 bits per heavy atom. The molecule has 1 saturated carbocycles. The Hall–Kier alpha value is -7.53. The molecule has 0 aromatic heterocycles. The SMILES string of the molecule is C=CC(=O)Cl.C=CC(=O)N(C)CC1CCCN1Cc1ccc(C(F)(F)F)cc1.C=CC(=O)N1CCC2CCCC2C1.C=CC(=O)N1CCC2CCN(C(=O)OC(C)(C)C)C2C1.C=CC(=O)N1CC[C@H]2CCN(Cc3ccc(C(F)(F)F)cc3)[C@H]2C1.CC(C)(C)OC(=O)N1CCC2CCNCC21.FC(F)(F)c1ccc(CBr)cc1. The molecule has 12 rings (SSSR count). The lowest BCUT2D eigenvalue weighted by Crippen LogP contribution is -2.52. The van der Waals surface area contributed by atoms with Crippen LogP contribution in [0.15, 0.2) is 136 Å². The number of amides is 6. The molecule has 29 heteroatoms. The minimum atomic E-state index is -4.30. The molecule has 18 nitrogen and oxygen atoms in total. The molecular weight excluding hydrogens is 1570 g/mol. The number of piperidine rings is 4. The summed E-state index contributed by atoms with van der Waals surface area (Å²) in [6, 6.07) is 16.7. The van der Waals surface area contributed by atoms with Gasteiger partial charge in [0, 0.05) is 103 Å². The number of halogens is 11. The molecule has 3 aromatic rings.